The van der Waals surface area contributed by atoms with Crippen LogP contribution in [0.5, 0.6) is 5.75 Å². The highest BCUT2D eigenvalue weighted by molar-refractivity contribution is 5.94. The molecule has 108 valence electrons. The predicted octanol–water partition coefficient (Wildman–Crippen LogP) is -0.00980. The van der Waals surface area contributed by atoms with Crippen LogP contribution in [-0.2, 0) is 4.79 Å². The van der Waals surface area contributed by atoms with Crippen LogP contribution < -0.4 is 16.0 Å². The van der Waals surface area contributed by atoms with Crippen LogP contribution in [0.3, 0.4) is 0 Å². The molecule has 0 aliphatic carbocycles. The van der Waals surface area contributed by atoms with Gasteiger partial charge in [-0.15, -0.1) is 0 Å². The van der Waals surface area contributed by atoms with Crippen molar-refractivity contribution in [3.63, 3.8) is 0 Å². The molecule has 1 atom stereocenters. The Labute approximate surface area is 117 Å². The van der Waals surface area contributed by atoms with Crippen molar-refractivity contribution in [2.75, 3.05) is 19.6 Å². The summed E-state index contributed by atoms with van der Waals surface area (Å²) in [6.07, 6.45) is 1.89. The first-order chi connectivity index (χ1) is 9.66. The van der Waals surface area contributed by atoms with E-state index in [9.17, 15) is 9.59 Å². The van der Waals surface area contributed by atoms with E-state index in [1.165, 1.54) is 12.1 Å². The van der Waals surface area contributed by atoms with Crippen LogP contribution in [0.15, 0.2) is 24.3 Å². The predicted molar refractivity (Wildman–Crippen MR) is 74.5 cm³/mol. The number of benzene rings is 1. The Morgan fingerprint density at radius 2 is 1.90 bits per heavy atom. The van der Waals surface area contributed by atoms with Gasteiger partial charge in [0.2, 0.25) is 5.91 Å². The van der Waals surface area contributed by atoms with Crippen LogP contribution in [0.1, 0.15) is 23.2 Å². The van der Waals surface area contributed by atoms with E-state index >= 15 is 0 Å². The molecule has 0 spiro atoms. The average molecular weight is 277 g/mol. The Balaban J connectivity index is 1.66. The van der Waals surface area contributed by atoms with Gasteiger partial charge >= 0.3 is 0 Å². The number of phenolic OH excluding ortho intramolecular Hbond substituents is 1. The zero-order valence-corrected chi connectivity index (χ0v) is 11.2. The van der Waals surface area contributed by atoms with Crippen molar-refractivity contribution in [1.29, 1.82) is 0 Å². The van der Waals surface area contributed by atoms with Gasteiger partial charge < -0.3 is 21.1 Å². The molecule has 1 aliphatic heterocycles. The van der Waals surface area contributed by atoms with E-state index in [0.717, 1.165) is 19.4 Å². The van der Waals surface area contributed by atoms with Crippen molar-refractivity contribution in [2.45, 2.75) is 18.9 Å². The molecule has 6 nitrogen and oxygen atoms in total. The summed E-state index contributed by atoms with van der Waals surface area (Å²) in [5.74, 6) is -0.113. The summed E-state index contributed by atoms with van der Waals surface area (Å²) in [7, 11) is 0. The second-order valence-corrected chi connectivity index (χ2v) is 4.74. The second kappa shape index (κ2) is 6.91. The van der Waals surface area contributed by atoms with Gasteiger partial charge in [-0.1, -0.05) is 0 Å². The Morgan fingerprint density at radius 3 is 2.55 bits per heavy atom. The third kappa shape index (κ3) is 3.96. The van der Waals surface area contributed by atoms with E-state index in [1.54, 1.807) is 12.1 Å². The molecule has 1 saturated heterocycles. The molecule has 1 aromatic rings. The Morgan fingerprint density at radius 1 is 1.20 bits per heavy atom. The molecule has 20 heavy (non-hydrogen) atoms. The number of phenols is 1. The number of carbonyl (C=O) groups excluding carboxylic acids is 2. The molecule has 0 radical (unpaired) electrons. The maximum atomic E-state index is 11.7. The first-order valence-corrected chi connectivity index (χ1v) is 6.75. The maximum absolute atomic E-state index is 11.7. The van der Waals surface area contributed by atoms with Gasteiger partial charge in [0.05, 0.1) is 6.04 Å². The van der Waals surface area contributed by atoms with E-state index in [2.05, 4.69) is 16.0 Å². The van der Waals surface area contributed by atoms with E-state index in [0.29, 0.717) is 18.7 Å². The number of nitrogens with one attached hydrogen (secondary N) is 3. The molecule has 0 aromatic heterocycles. The van der Waals surface area contributed by atoms with Crippen molar-refractivity contribution in [2.24, 2.45) is 0 Å². The molecule has 1 aliphatic rings. The number of hydrogen-bond acceptors (Lipinski definition) is 4. The standard InChI is InChI=1S/C14H19N3O3/c18-11-5-3-10(4-6-11)13(19)16-8-9-17-14(20)12-2-1-7-15-12/h3-6,12,15,18H,1-2,7-9H2,(H,16,19)(H,17,20). The molecule has 0 bridgehead atoms. The second-order valence-electron chi connectivity index (χ2n) is 4.74. The van der Waals surface area contributed by atoms with Crippen molar-refractivity contribution in [3.8, 4) is 5.75 Å². The SMILES string of the molecule is O=C(NCCNC(=O)C1CCCN1)c1ccc(O)cc1. The summed E-state index contributed by atoms with van der Waals surface area (Å²) in [5, 5.41) is 17.7. The number of rotatable bonds is 5. The van der Waals surface area contributed by atoms with Gasteiger partial charge in [-0.05, 0) is 43.7 Å². The zero-order valence-electron chi connectivity index (χ0n) is 11.2. The van der Waals surface area contributed by atoms with Crippen LogP contribution in [0.25, 0.3) is 0 Å². The molecule has 2 amide bonds. The van der Waals surface area contributed by atoms with Crippen molar-refractivity contribution in [1.82, 2.24) is 16.0 Å². The van der Waals surface area contributed by atoms with Crippen LogP contribution in [-0.4, -0.2) is 42.6 Å². The van der Waals surface area contributed by atoms with Crippen molar-refractivity contribution in [3.05, 3.63) is 29.8 Å². The highest BCUT2D eigenvalue weighted by Crippen LogP contribution is 2.09. The van der Waals surface area contributed by atoms with Gasteiger partial charge in [0.25, 0.3) is 5.91 Å². The van der Waals surface area contributed by atoms with Gasteiger partial charge in [-0.25, -0.2) is 0 Å². The Kier molecular flexibility index (Phi) is 4.95. The molecule has 6 heteroatoms. The summed E-state index contributed by atoms with van der Waals surface area (Å²) in [5.41, 5.74) is 0.478. The number of amides is 2. The number of hydrogen-bond donors (Lipinski definition) is 4. The van der Waals surface area contributed by atoms with Crippen LogP contribution in [0.2, 0.25) is 0 Å². The van der Waals surface area contributed by atoms with Gasteiger partial charge in [0.1, 0.15) is 5.75 Å². The van der Waals surface area contributed by atoms with Crippen molar-refractivity contribution >= 4 is 11.8 Å². The van der Waals surface area contributed by atoms with Gasteiger partial charge in [0, 0.05) is 18.7 Å². The Bertz CT molecular complexity index is 467. The zero-order chi connectivity index (χ0) is 14.4. The van der Waals surface area contributed by atoms with Gasteiger partial charge in [0.15, 0.2) is 0 Å². The fourth-order valence-electron chi connectivity index (χ4n) is 2.11. The van der Waals surface area contributed by atoms with Crippen LogP contribution in [0, 0.1) is 0 Å². The summed E-state index contributed by atoms with van der Waals surface area (Å²) in [4.78, 5) is 23.4. The number of aromatic hydroxyl groups is 1. The minimum absolute atomic E-state index is 0.0126. The quantitative estimate of drug-likeness (QED) is 0.570. The molecule has 1 fully saturated rings. The van der Waals surface area contributed by atoms with Gasteiger partial charge in [-0.3, -0.25) is 9.59 Å². The monoisotopic (exact) mass is 277 g/mol. The van der Waals surface area contributed by atoms with E-state index in [1.807, 2.05) is 0 Å². The van der Waals surface area contributed by atoms with E-state index in [-0.39, 0.29) is 23.6 Å². The summed E-state index contributed by atoms with van der Waals surface area (Å²) >= 11 is 0. The van der Waals surface area contributed by atoms with Gasteiger partial charge in [-0.2, -0.15) is 0 Å². The first kappa shape index (κ1) is 14.3. The summed E-state index contributed by atoms with van der Waals surface area (Å²) in [6.45, 7) is 1.66. The lowest BCUT2D eigenvalue weighted by molar-refractivity contribution is -0.122. The van der Waals surface area contributed by atoms with E-state index in [4.69, 9.17) is 5.11 Å². The van der Waals surface area contributed by atoms with Crippen molar-refractivity contribution < 1.29 is 14.7 Å². The van der Waals surface area contributed by atoms with Crippen LogP contribution >= 0.6 is 0 Å². The maximum Gasteiger partial charge on any atom is 0.251 e. The molecule has 4 N–H and O–H groups in total. The summed E-state index contributed by atoms with van der Waals surface area (Å²) in [6, 6.07) is 5.92. The third-order valence-electron chi connectivity index (χ3n) is 3.22. The molecular formula is C14H19N3O3. The highest BCUT2D eigenvalue weighted by atomic mass is 16.3. The topological polar surface area (TPSA) is 90.5 Å². The fraction of sp³-hybridized carbons (Fsp3) is 0.429. The largest absolute Gasteiger partial charge is 0.508 e. The molecule has 0 saturated carbocycles. The molecule has 2 rings (SSSR count). The lowest BCUT2D eigenvalue weighted by Crippen LogP contribution is -2.43. The fourth-order valence-corrected chi connectivity index (χ4v) is 2.11. The Hall–Kier alpha value is -2.08. The third-order valence-corrected chi connectivity index (χ3v) is 3.22. The lowest BCUT2D eigenvalue weighted by Gasteiger charge is -2.11. The van der Waals surface area contributed by atoms with Crippen LogP contribution in [0.4, 0.5) is 0 Å². The smallest absolute Gasteiger partial charge is 0.251 e. The van der Waals surface area contributed by atoms with E-state index < -0.39 is 0 Å². The normalized spacial score (nSPS) is 17.7. The molecule has 1 heterocycles. The summed E-state index contributed by atoms with van der Waals surface area (Å²) < 4.78 is 0. The minimum Gasteiger partial charge on any atom is -0.508 e. The average Bonchev–Trinajstić information content (AvgIpc) is 2.98. The lowest BCUT2D eigenvalue weighted by atomic mass is 10.2. The molecule has 1 aromatic carbocycles. The number of carbonyl (C=O) groups is 2. The minimum atomic E-state index is -0.224. The highest BCUT2D eigenvalue weighted by Gasteiger charge is 2.21. The molecule has 1 unspecified atom stereocenters. The first-order valence-electron chi connectivity index (χ1n) is 6.75. The molecular weight excluding hydrogens is 258 g/mol.